The van der Waals surface area contributed by atoms with E-state index < -0.39 is 11.0 Å². The van der Waals surface area contributed by atoms with E-state index in [1.54, 1.807) is 19.9 Å². The molecule has 6 heteroatoms. The van der Waals surface area contributed by atoms with E-state index in [0.717, 1.165) is 11.1 Å². The van der Waals surface area contributed by atoms with E-state index in [0.29, 0.717) is 17.0 Å². The lowest BCUT2D eigenvalue weighted by Gasteiger charge is -2.17. The average molecular weight is 328 g/mol. The number of rotatable bonds is 5. The van der Waals surface area contributed by atoms with Crippen LogP contribution < -0.4 is 10.1 Å². The first-order valence-electron chi connectivity index (χ1n) is 7.58. The maximum Gasteiger partial charge on any atom is 0.274 e. The summed E-state index contributed by atoms with van der Waals surface area (Å²) < 4.78 is 5.73. The first-order valence-corrected chi connectivity index (χ1v) is 7.58. The van der Waals surface area contributed by atoms with Crippen LogP contribution in [0.25, 0.3) is 0 Å². The highest BCUT2D eigenvalue weighted by Gasteiger charge is 2.19. The Labute approximate surface area is 140 Å². The third-order valence-corrected chi connectivity index (χ3v) is 3.78. The molecule has 6 nitrogen and oxygen atoms in total. The van der Waals surface area contributed by atoms with Crippen molar-refractivity contribution in [3.8, 4) is 5.75 Å². The number of nitrogens with zero attached hydrogens (tertiary/aromatic N) is 1. The minimum Gasteiger partial charge on any atom is -0.481 e. The molecule has 1 amide bonds. The number of nitro groups is 1. The molecule has 0 fully saturated rings. The number of benzene rings is 2. The molecule has 0 radical (unpaired) electrons. The Bertz CT molecular complexity index is 787. The predicted octanol–water partition coefficient (Wildman–Crippen LogP) is 3.93. The fraction of sp³-hybridized carbons (Fsp3) is 0.278. The van der Waals surface area contributed by atoms with Crippen LogP contribution in [0.15, 0.2) is 36.4 Å². The topological polar surface area (TPSA) is 81.5 Å². The summed E-state index contributed by atoms with van der Waals surface area (Å²) in [7, 11) is 0. The van der Waals surface area contributed by atoms with Gasteiger partial charge in [-0.05, 0) is 51.0 Å². The zero-order valence-corrected chi connectivity index (χ0v) is 14.1. The molecule has 2 aromatic rings. The highest BCUT2D eigenvalue weighted by atomic mass is 16.6. The van der Waals surface area contributed by atoms with Crippen LogP contribution in [0.2, 0.25) is 0 Å². The van der Waals surface area contributed by atoms with E-state index in [-0.39, 0.29) is 11.6 Å². The van der Waals surface area contributed by atoms with Crippen LogP contribution in [-0.2, 0) is 4.79 Å². The van der Waals surface area contributed by atoms with Crippen LogP contribution in [0, 0.1) is 30.9 Å². The monoisotopic (exact) mass is 328 g/mol. The van der Waals surface area contributed by atoms with E-state index in [2.05, 4.69) is 5.32 Å². The van der Waals surface area contributed by atoms with Gasteiger partial charge >= 0.3 is 0 Å². The number of aryl methyl sites for hydroxylation is 2. The number of anilines is 1. The van der Waals surface area contributed by atoms with Gasteiger partial charge in [0.05, 0.1) is 16.2 Å². The van der Waals surface area contributed by atoms with Crippen molar-refractivity contribution < 1.29 is 14.5 Å². The molecule has 0 aliphatic heterocycles. The van der Waals surface area contributed by atoms with Crippen LogP contribution in [0.3, 0.4) is 0 Å². The second kappa shape index (κ2) is 7.12. The molecule has 126 valence electrons. The summed E-state index contributed by atoms with van der Waals surface area (Å²) in [5, 5.41) is 13.7. The number of nitro benzene ring substituents is 1. The SMILES string of the molecule is Cc1ccc(C)c(O[C@@H](C)C(=O)Nc2cccc([N+](=O)[O-])c2C)c1. The van der Waals surface area contributed by atoms with Crippen LogP contribution >= 0.6 is 0 Å². The van der Waals surface area contributed by atoms with Crippen molar-refractivity contribution in [1.29, 1.82) is 0 Å². The molecule has 0 aromatic heterocycles. The van der Waals surface area contributed by atoms with Gasteiger partial charge in [0.15, 0.2) is 6.10 Å². The van der Waals surface area contributed by atoms with Gasteiger partial charge in [-0.2, -0.15) is 0 Å². The number of nitrogens with one attached hydrogen (secondary N) is 1. The summed E-state index contributed by atoms with van der Waals surface area (Å²) in [6.07, 6.45) is -0.732. The zero-order chi connectivity index (χ0) is 17.9. The molecule has 0 unspecified atom stereocenters. The molecule has 1 atom stereocenters. The number of carbonyl (C=O) groups is 1. The lowest BCUT2D eigenvalue weighted by atomic mass is 10.1. The summed E-state index contributed by atoms with van der Waals surface area (Å²) in [5.41, 5.74) is 2.76. The van der Waals surface area contributed by atoms with Crippen LogP contribution in [-0.4, -0.2) is 16.9 Å². The molecule has 2 rings (SSSR count). The van der Waals surface area contributed by atoms with Gasteiger partial charge in [0, 0.05) is 6.07 Å². The van der Waals surface area contributed by atoms with Crippen LogP contribution in [0.1, 0.15) is 23.6 Å². The second-order valence-electron chi connectivity index (χ2n) is 5.73. The minimum absolute atomic E-state index is 0.0316. The van der Waals surface area contributed by atoms with Crippen molar-refractivity contribution in [2.24, 2.45) is 0 Å². The molecule has 0 saturated heterocycles. The Morgan fingerprint density at radius 2 is 1.92 bits per heavy atom. The van der Waals surface area contributed by atoms with Crippen molar-refractivity contribution in [3.05, 3.63) is 63.2 Å². The van der Waals surface area contributed by atoms with Gasteiger partial charge in [-0.25, -0.2) is 0 Å². The highest BCUT2D eigenvalue weighted by Crippen LogP contribution is 2.26. The lowest BCUT2D eigenvalue weighted by Crippen LogP contribution is -2.30. The number of amides is 1. The van der Waals surface area contributed by atoms with Gasteiger partial charge in [-0.3, -0.25) is 14.9 Å². The van der Waals surface area contributed by atoms with Gasteiger partial charge in [0.2, 0.25) is 0 Å². The van der Waals surface area contributed by atoms with Crippen molar-refractivity contribution in [2.45, 2.75) is 33.8 Å². The molecule has 1 N–H and O–H groups in total. The highest BCUT2D eigenvalue weighted by molar-refractivity contribution is 5.95. The van der Waals surface area contributed by atoms with Gasteiger partial charge in [0.1, 0.15) is 5.75 Å². The van der Waals surface area contributed by atoms with Gasteiger partial charge in [0.25, 0.3) is 11.6 Å². The normalized spacial score (nSPS) is 11.7. The standard InChI is InChI=1S/C18H20N2O4/c1-11-8-9-12(2)17(10-11)24-14(4)18(21)19-15-6-5-7-16(13(15)3)20(22)23/h5-10,14H,1-4H3,(H,19,21)/t14-/m0/s1. The maximum atomic E-state index is 12.3. The smallest absolute Gasteiger partial charge is 0.274 e. The molecule has 0 aliphatic rings. The van der Waals surface area contributed by atoms with E-state index in [4.69, 9.17) is 4.74 Å². The third kappa shape index (κ3) is 3.90. The van der Waals surface area contributed by atoms with Crippen molar-refractivity contribution in [3.63, 3.8) is 0 Å². The molecule has 0 aliphatic carbocycles. The Morgan fingerprint density at radius 1 is 1.21 bits per heavy atom. The number of hydrogen-bond donors (Lipinski definition) is 1. The van der Waals surface area contributed by atoms with Gasteiger partial charge < -0.3 is 10.1 Å². The first kappa shape index (κ1) is 17.5. The Kier molecular flexibility index (Phi) is 5.18. The number of ether oxygens (including phenoxy) is 1. The lowest BCUT2D eigenvalue weighted by molar-refractivity contribution is -0.385. The molecule has 0 spiro atoms. The maximum absolute atomic E-state index is 12.3. The van der Waals surface area contributed by atoms with Gasteiger partial charge in [-0.1, -0.05) is 18.2 Å². The van der Waals surface area contributed by atoms with Crippen molar-refractivity contribution in [2.75, 3.05) is 5.32 Å². The fourth-order valence-electron chi connectivity index (χ4n) is 2.27. The molecule has 0 heterocycles. The largest absolute Gasteiger partial charge is 0.481 e. The number of carbonyl (C=O) groups excluding carboxylic acids is 1. The third-order valence-electron chi connectivity index (χ3n) is 3.78. The Balaban J connectivity index is 2.14. The van der Waals surface area contributed by atoms with Crippen LogP contribution in [0.5, 0.6) is 5.75 Å². The first-order chi connectivity index (χ1) is 11.3. The second-order valence-corrected chi connectivity index (χ2v) is 5.73. The fourth-order valence-corrected chi connectivity index (χ4v) is 2.27. The summed E-state index contributed by atoms with van der Waals surface area (Å²) in [6.45, 7) is 7.10. The Morgan fingerprint density at radius 3 is 2.58 bits per heavy atom. The number of hydrogen-bond acceptors (Lipinski definition) is 4. The molecule has 2 aromatic carbocycles. The molecular formula is C18H20N2O4. The van der Waals surface area contributed by atoms with Crippen LogP contribution in [0.4, 0.5) is 11.4 Å². The molecule has 0 bridgehead atoms. The molecular weight excluding hydrogens is 308 g/mol. The summed E-state index contributed by atoms with van der Waals surface area (Å²) in [5.74, 6) is 0.285. The van der Waals surface area contributed by atoms with E-state index in [1.807, 2.05) is 32.0 Å². The van der Waals surface area contributed by atoms with Crippen molar-refractivity contribution >= 4 is 17.3 Å². The van der Waals surface area contributed by atoms with E-state index in [1.165, 1.54) is 12.1 Å². The minimum atomic E-state index is -0.732. The van der Waals surface area contributed by atoms with E-state index in [9.17, 15) is 14.9 Å². The predicted molar refractivity (Wildman–Crippen MR) is 92.5 cm³/mol. The molecule has 0 saturated carbocycles. The summed E-state index contributed by atoms with van der Waals surface area (Å²) >= 11 is 0. The van der Waals surface area contributed by atoms with Gasteiger partial charge in [-0.15, -0.1) is 0 Å². The average Bonchev–Trinajstić information content (AvgIpc) is 2.52. The zero-order valence-electron chi connectivity index (χ0n) is 14.1. The summed E-state index contributed by atoms with van der Waals surface area (Å²) in [6, 6.07) is 10.3. The Hall–Kier alpha value is -2.89. The molecule has 24 heavy (non-hydrogen) atoms. The van der Waals surface area contributed by atoms with Crippen molar-refractivity contribution in [1.82, 2.24) is 0 Å². The summed E-state index contributed by atoms with van der Waals surface area (Å²) in [4.78, 5) is 22.8. The van der Waals surface area contributed by atoms with E-state index >= 15 is 0 Å². The quantitative estimate of drug-likeness (QED) is 0.666.